The highest BCUT2D eigenvalue weighted by atomic mass is 15.2. The summed E-state index contributed by atoms with van der Waals surface area (Å²) in [5.41, 5.74) is 15.0. The molecular formula is C64H40N6. The monoisotopic (exact) mass is 892 g/mol. The van der Waals surface area contributed by atoms with Gasteiger partial charge >= 0.3 is 0 Å². The van der Waals surface area contributed by atoms with Gasteiger partial charge in [0.25, 0.3) is 0 Å². The molecule has 0 bridgehead atoms. The molecule has 5 heterocycles. The minimum Gasteiger partial charge on any atom is -0.309 e. The third kappa shape index (κ3) is 5.56. The van der Waals surface area contributed by atoms with Crippen LogP contribution in [0.1, 0.15) is 0 Å². The average molecular weight is 893 g/mol. The van der Waals surface area contributed by atoms with Crippen molar-refractivity contribution in [3.05, 3.63) is 243 Å². The fourth-order valence-corrected chi connectivity index (χ4v) is 11.5. The van der Waals surface area contributed by atoms with Crippen molar-refractivity contribution in [3.63, 3.8) is 0 Å². The van der Waals surface area contributed by atoms with Crippen LogP contribution in [0, 0.1) is 0 Å². The van der Waals surface area contributed by atoms with Crippen LogP contribution in [0.15, 0.2) is 243 Å². The van der Waals surface area contributed by atoms with E-state index in [0.717, 1.165) is 89.0 Å². The Balaban J connectivity index is 1.10. The first kappa shape index (κ1) is 38.6. The lowest BCUT2D eigenvalue weighted by atomic mass is 9.94. The third-order valence-electron chi connectivity index (χ3n) is 14.4. The van der Waals surface area contributed by atoms with Crippen molar-refractivity contribution in [1.82, 2.24) is 28.2 Å². The van der Waals surface area contributed by atoms with Crippen molar-refractivity contribution in [2.24, 2.45) is 0 Å². The Bertz CT molecular complexity index is 4310. The third-order valence-corrected chi connectivity index (χ3v) is 14.4. The molecule has 15 rings (SSSR count). The number of hydrogen-bond donors (Lipinski definition) is 0. The molecule has 5 aromatic heterocycles. The first-order valence-corrected chi connectivity index (χ1v) is 23.8. The van der Waals surface area contributed by atoms with E-state index < -0.39 is 0 Å². The van der Waals surface area contributed by atoms with E-state index in [9.17, 15) is 0 Å². The van der Waals surface area contributed by atoms with Gasteiger partial charge in [0.05, 0.1) is 55.5 Å². The Labute approximate surface area is 401 Å². The molecule has 0 unspecified atom stereocenters. The van der Waals surface area contributed by atoms with Crippen LogP contribution < -0.4 is 0 Å². The molecule has 0 amide bonds. The number of aromatic nitrogens is 6. The molecule has 0 radical (unpaired) electrons. The van der Waals surface area contributed by atoms with Crippen LogP contribution in [0.3, 0.4) is 0 Å². The van der Waals surface area contributed by atoms with E-state index in [0.29, 0.717) is 5.95 Å². The Morgan fingerprint density at radius 1 is 0.271 bits per heavy atom. The second kappa shape index (κ2) is 15.0. The van der Waals surface area contributed by atoms with Crippen molar-refractivity contribution >= 4 is 87.2 Å². The van der Waals surface area contributed by atoms with Gasteiger partial charge in [0.2, 0.25) is 5.95 Å². The fourth-order valence-electron chi connectivity index (χ4n) is 11.5. The van der Waals surface area contributed by atoms with Gasteiger partial charge in [-0.1, -0.05) is 164 Å². The van der Waals surface area contributed by atoms with E-state index in [1.54, 1.807) is 0 Å². The van der Waals surface area contributed by atoms with Gasteiger partial charge in [0.1, 0.15) is 5.82 Å². The van der Waals surface area contributed by atoms with Crippen molar-refractivity contribution in [2.45, 2.75) is 0 Å². The highest BCUT2D eigenvalue weighted by molar-refractivity contribution is 6.14. The summed E-state index contributed by atoms with van der Waals surface area (Å²) in [7, 11) is 0. The van der Waals surface area contributed by atoms with Crippen molar-refractivity contribution in [2.75, 3.05) is 0 Å². The molecule has 0 aliphatic rings. The highest BCUT2D eigenvalue weighted by Gasteiger charge is 2.25. The highest BCUT2D eigenvalue weighted by Crippen LogP contribution is 2.44. The van der Waals surface area contributed by atoms with Gasteiger partial charge in [-0.25, -0.2) is 4.98 Å². The number of rotatable bonds is 6. The van der Waals surface area contributed by atoms with Crippen LogP contribution in [-0.2, 0) is 0 Å². The fraction of sp³-hybridized carbons (Fsp3) is 0. The summed E-state index contributed by atoms with van der Waals surface area (Å²) in [6.07, 6.45) is 0. The normalized spacial score (nSPS) is 12.0. The van der Waals surface area contributed by atoms with Gasteiger partial charge in [-0.05, 0) is 83.9 Å². The lowest BCUT2D eigenvalue weighted by Gasteiger charge is -2.20. The summed E-state index contributed by atoms with van der Waals surface area (Å²) in [6.45, 7) is 0. The average Bonchev–Trinajstić information content (AvgIpc) is 4.16. The maximum Gasteiger partial charge on any atom is 0.237 e. The number of hydrogen-bond acceptors (Lipinski definition) is 2. The molecule has 15 aromatic rings. The van der Waals surface area contributed by atoms with Gasteiger partial charge in [-0.3, -0.25) is 9.13 Å². The lowest BCUT2D eigenvalue weighted by molar-refractivity contribution is 0.951. The Morgan fingerprint density at radius 2 is 0.686 bits per heavy atom. The minimum absolute atomic E-state index is 0.594. The van der Waals surface area contributed by atoms with Crippen LogP contribution >= 0.6 is 0 Å². The predicted molar refractivity (Wildman–Crippen MR) is 290 cm³/mol. The topological polar surface area (TPSA) is 45.5 Å². The van der Waals surface area contributed by atoms with E-state index in [1.807, 2.05) is 0 Å². The molecular weight excluding hydrogens is 853 g/mol. The number of para-hydroxylation sites is 8. The van der Waals surface area contributed by atoms with E-state index in [4.69, 9.17) is 9.97 Å². The maximum atomic E-state index is 5.81. The van der Waals surface area contributed by atoms with Crippen LogP contribution in [0.25, 0.3) is 133 Å². The van der Waals surface area contributed by atoms with Crippen molar-refractivity contribution in [1.29, 1.82) is 0 Å². The van der Waals surface area contributed by atoms with Gasteiger partial charge in [0.15, 0.2) is 0 Å². The first-order valence-electron chi connectivity index (χ1n) is 23.8. The molecule has 0 saturated heterocycles. The van der Waals surface area contributed by atoms with Crippen LogP contribution in [0.5, 0.6) is 0 Å². The van der Waals surface area contributed by atoms with Gasteiger partial charge in [0, 0.05) is 60.4 Å². The Kier molecular flexibility index (Phi) is 8.26. The van der Waals surface area contributed by atoms with Crippen LogP contribution in [0.4, 0.5) is 0 Å². The zero-order chi connectivity index (χ0) is 45.9. The molecule has 6 heteroatoms. The molecule has 0 aliphatic heterocycles. The molecule has 326 valence electrons. The molecule has 0 saturated carbocycles. The first-order chi connectivity index (χ1) is 34.8. The number of nitrogens with zero attached hydrogens (tertiary/aromatic N) is 6. The molecule has 0 fully saturated rings. The number of benzene rings is 10. The zero-order valence-corrected chi connectivity index (χ0v) is 37.8. The van der Waals surface area contributed by atoms with Crippen molar-refractivity contribution in [3.8, 4) is 45.5 Å². The predicted octanol–water partition coefficient (Wildman–Crippen LogP) is 16.2. The molecule has 10 aromatic carbocycles. The van der Waals surface area contributed by atoms with Crippen molar-refractivity contribution < 1.29 is 0 Å². The smallest absolute Gasteiger partial charge is 0.237 e. The standard InChI is InChI=1S/C64H40N6/c1-2-19-42(20-3-1)67-53-29-11-10-27-50(53)51-39-41(37-38-60(51)67)43-28-18-36-61(68-54-30-12-4-21-44(54)45-22-5-13-31-55(45)68)63(43)52-40-62(69-56-32-14-6-23-46(56)47-24-7-15-33-57(47)69)66-64(65-52)70-58-34-16-8-25-48(58)49-26-9-17-35-59(49)70/h1-40H. The Morgan fingerprint density at radius 3 is 1.20 bits per heavy atom. The van der Waals surface area contributed by atoms with E-state index in [1.165, 1.54) is 37.8 Å². The summed E-state index contributed by atoms with van der Waals surface area (Å²) < 4.78 is 9.38. The second-order valence-electron chi connectivity index (χ2n) is 18.1. The summed E-state index contributed by atoms with van der Waals surface area (Å²) in [6, 6.07) is 87.4. The maximum absolute atomic E-state index is 5.81. The second-order valence-corrected chi connectivity index (χ2v) is 18.1. The van der Waals surface area contributed by atoms with E-state index >= 15 is 0 Å². The van der Waals surface area contributed by atoms with Crippen LogP contribution in [0.2, 0.25) is 0 Å². The lowest BCUT2D eigenvalue weighted by Crippen LogP contribution is -2.09. The number of fused-ring (bicyclic) bond motifs is 12. The summed E-state index contributed by atoms with van der Waals surface area (Å²) >= 11 is 0. The van der Waals surface area contributed by atoms with Gasteiger partial charge in [-0.15, -0.1) is 0 Å². The molecule has 0 N–H and O–H groups in total. The van der Waals surface area contributed by atoms with Gasteiger partial charge in [-0.2, -0.15) is 4.98 Å². The minimum atomic E-state index is 0.594. The molecule has 0 atom stereocenters. The summed E-state index contributed by atoms with van der Waals surface area (Å²) in [5, 5.41) is 9.43. The molecule has 70 heavy (non-hydrogen) atoms. The molecule has 0 spiro atoms. The largest absolute Gasteiger partial charge is 0.309 e. The van der Waals surface area contributed by atoms with E-state index in [-0.39, 0.29) is 0 Å². The summed E-state index contributed by atoms with van der Waals surface area (Å²) in [5.74, 6) is 1.37. The van der Waals surface area contributed by atoms with E-state index in [2.05, 4.69) is 261 Å². The Hall–Kier alpha value is -9.52. The molecule has 0 aliphatic carbocycles. The quantitative estimate of drug-likeness (QED) is 0.167. The van der Waals surface area contributed by atoms with Gasteiger partial charge < -0.3 is 9.13 Å². The molecule has 6 nitrogen and oxygen atoms in total. The SMILES string of the molecule is c1ccc(-n2c3ccccc3c3cc(-c4cccc(-n5c6ccccc6c6ccccc65)c4-c4cc(-n5c6ccccc6c6ccccc65)nc(-n5c6ccccc6c6ccccc65)n4)ccc32)cc1. The van der Waals surface area contributed by atoms with Crippen LogP contribution in [-0.4, -0.2) is 28.2 Å². The zero-order valence-electron chi connectivity index (χ0n) is 37.8. The summed E-state index contributed by atoms with van der Waals surface area (Å²) in [4.78, 5) is 11.5.